The summed E-state index contributed by atoms with van der Waals surface area (Å²) in [4.78, 5) is 23.1. The first-order chi connectivity index (χ1) is 9.56. The molecule has 1 amide bonds. The molecule has 0 aliphatic heterocycles. The van der Waals surface area contributed by atoms with E-state index in [0.29, 0.717) is 12.0 Å². The van der Waals surface area contributed by atoms with Crippen LogP contribution in [0.2, 0.25) is 0 Å². The predicted molar refractivity (Wildman–Crippen MR) is 75.6 cm³/mol. The summed E-state index contributed by atoms with van der Waals surface area (Å²) >= 11 is 0. The number of carboxylic acids is 1. The van der Waals surface area contributed by atoms with Gasteiger partial charge in [0.15, 0.2) is 0 Å². The number of aliphatic carboxylic acids is 1. The lowest BCUT2D eigenvalue weighted by Gasteiger charge is -2.28. The quantitative estimate of drug-likeness (QED) is 0.750. The molecule has 0 bridgehead atoms. The zero-order valence-corrected chi connectivity index (χ0v) is 11.5. The minimum absolute atomic E-state index is 0.0289. The largest absolute Gasteiger partial charge is 0.481 e. The minimum atomic E-state index is -1.16. The fraction of sp³-hybridized carbons (Fsp3) is 0.333. The first-order valence-corrected chi connectivity index (χ1v) is 6.37. The van der Waals surface area contributed by atoms with Crippen LogP contribution in [0.4, 0.5) is 4.79 Å². The van der Waals surface area contributed by atoms with Crippen LogP contribution in [0.5, 0.6) is 0 Å². The van der Waals surface area contributed by atoms with Gasteiger partial charge in [0, 0.05) is 6.54 Å². The lowest BCUT2D eigenvalue weighted by molar-refractivity contribution is -0.143. The van der Waals surface area contributed by atoms with Crippen molar-refractivity contribution in [3.05, 3.63) is 48.6 Å². The fourth-order valence-electron chi connectivity index (χ4n) is 1.95. The molecule has 5 nitrogen and oxygen atoms in total. The number of hydrogen-bond donors (Lipinski definition) is 2. The van der Waals surface area contributed by atoms with Gasteiger partial charge in [-0.25, -0.2) is 4.79 Å². The molecule has 5 heteroatoms. The van der Waals surface area contributed by atoms with Gasteiger partial charge in [-0.15, -0.1) is 0 Å². The number of alkyl carbamates (subject to hydrolysis) is 1. The third kappa shape index (κ3) is 3.60. The van der Waals surface area contributed by atoms with Crippen LogP contribution in [-0.4, -0.2) is 30.3 Å². The fourth-order valence-corrected chi connectivity index (χ4v) is 1.95. The van der Waals surface area contributed by atoms with Crippen LogP contribution >= 0.6 is 0 Å². The van der Waals surface area contributed by atoms with E-state index in [1.807, 2.05) is 6.07 Å². The Kier molecular flexibility index (Phi) is 5.77. The van der Waals surface area contributed by atoms with E-state index >= 15 is 0 Å². The van der Waals surface area contributed by atoms with E-state index in [-0.39, 0.29) is 13.2 Å². The van der Waals surface area contributed by atoms with Crippen LogP contribution in [0.25, 0.3) is 0 Å². The summed E-state index contributed by atoms with van der Waals surface area (Å²) < 4.78 is 4.79. The number of rotatable bonds is 7. The Morgan fingerprint density at radius 3 is 2.55 bits per heavy atom. The van der Waals surface area contributed by atoms with E-state index in [2.05, 4.69) is 11.9 Å². The third-order valence-electron chi connectivity index (χ3n) is 3.21. The molecule has 0 saturated heterocycles. The Morgan fingerprint density at radius 2 is 2.05 bits per heavy atom. The summed E-state index contributed by atoms with van der Waals surface area (Å²) in [5.41, 5.74) is -0.506. The topological polar surface area (TPSA) is 75.6 Å². The number of carbonyl (C=O) groups excluding carboxylic acids is 1. The van der Waals surface area contributed by atoms with Crippen molar-refractivity contribution >= 4 is 12.1 Å². The van der Waals surface area contributed by atoms with Crippen LogP contribution in [0.15, 0.2) is 43.0 Å². The Labute approximate surface area is 118 Å². The maximum Gasteiger partial charge on any atom is 0.407 e. The summed E-state index contributed by atoms with van der Waals surface area (Å²) in [7, 11) is 0. The smallest absolute Gasteiger partial charge is 0.407 e. The van der Waals surface area contributed by atoms with E-state index < -0.39 is 17.5 Å². The van der Waals surface area contributed by atoms with Crippen LogP contribution in [0, 0.1) is 0 Å². The van der Waals surface area contributed by atoms with E-state index in [9.17, 15) is 14.7 Å². The highest BCUT2D eigenvalue weighted by molar-refractivity contribution is 5.82. The zero-order valence-electron chi connectivity index (χ0n) is 11.5. The molecular weight excluding hydrogens is 258 g/mol. The molecule has 1 rings (SSSR count). The lowest BCUT2D eigenvalue weighted by Crippen LogP contribution is -2.46. The van der Waals surface area contributed by atoms with Gasteiger partial charge in [0.1, 0.15) is 12.0 Å². The SMILES string of the molecule is C=CCOC(=O)NCC(CC)(C(=O)O)c1ccccc1. The molecule has 2 N–H and O–H groups in total. The summed E-state index contributed by atoms with van der Waals surface area (Å²) in [5, 5.41) is 12.1. The highest BCUT2D eigenvalue weighted by atomic mass is 16.5. The van der Waals surface area contributed by atoms with Crippen molar-refractivity contribution in [1.29, 1.82) is 0 Å². The van der Waals surface area contributed by atoms with Gasteiger partial charge in [-0.2, -0.15) is 0 Å². The van der Waals surface area contributed by atoms with E-state index in [4.69, 9.17) is 4.74 Å². The molecule has 0 radical (unpaired) electrons. The van der Waals surface area contributed by atoms with Crippen molar-refractivity contribution in [2.24, 2.45) is 0 Å². The molecule has 1 aromatic rings. The maximum atomic E-state index is 11.7. The average Bonchev–Trinajstić information content (AvgIpc) is 2.47. The van der Waals surface area contributed by atoms with Crippen LogP contribution in [-0.2, 0) is 14.9 Å². The summed E-state index contributed by atoms with van der Waals surface area (Å²) in [5.74, 6) is -0.977. The Hall–Kier alpha value is -2.30. The van der Waals surface area contributed by atoms with Crippen LogP contribution in [0.3, 0.4) is 0 Å². The van der Waals surface area contributed by atoms with Crippen molar-refractivity contribution in [3.8, 4) is 0 Å². The first-order valence-electron chi connectivity index (χ1n) is 6.37. The normalized spacial score (nSPS) is 13.1. The molecule has 0 aliphatic rings. The molecule has 1 aromatic carbocycles. The number of carbonyl (C=O) groups is 2. The molecule has 0 heterocycles. The molecular formula is C15H19NO4. The van der Waals surface area contributed by atoms with Gasteiger partial charge in [0.05, 0.1) is 0 Å². The first kappa shape index (κ1) is 15.8. The number of amides is 1. The Morgan fingerprint density at radius 1 is 1.40 bits per heavy atom. The average molecular weight is 277 g/mol. The van der Waals surface area contributed by atoms with E-state index in [1.54, 1.807) is 31.2 Å². The predicted octanol–water partition coefficient (Wildman–Crippen LogP) is 2.33. The van der Waals surface area contributed by atoms with Crippen molar-refractivity contribution in [1.82, 2.24) is 5.32 Å². The molecule has 0 aromatic heterocycles. The summed E-state index contributed by atoms with van der Waals surface area (Å²) in [6.45, 7) is 5.27. The van der Waals surface area contributed by atoms with Gasteiger partial charge < -0.3 is 15.2 Å². The van der Waals surface area contributed by atoms with E-state index in [1.165, 1.54) is 6.08 Å². The second kappa shape index (κ2) is 7.33. The molecule has 1 atom stereocenters. The lowest BCUT2D eigenvalue weighted by atomic mass is 9.78. The molecule has 0 fully saturated rings. The Balaban J connectivity index is 2.88. The second-order valence-electron chi connectivity index (χ2n) is 4.35. The number of ether oxygens (including phenoxy) is 1. The molecule has 0 aliphatic carbocycles. The summed E-state index contributed by atoms with van der Waals surface area (Å²) in [6, 6.07) is 8.86. The highest BCUT2D eigenvalue weighted by Crippen LogP contribution is 2.27. The van der Waals surface area contributed by atoms with Crippen LogP contribution < -0.4 is 5.32 Å². The van der Waals surface area contributed by atoms with Crippen molar-refractivity contribution in [2.45, 2.75) is 18.8 Å². The Bertz CT molecular complexity index is 472. The molecule has 108 valence electrons. The number of hydrogen-bond acceptors (Lipinski definition) is 3. The zero-order chi connectivity index (χ0) is 15.0. The summed E-state index contributed by atoms with van der Waals surface area (Å²) in [6.07, 6.45) is 1.15. The third-order valence-corrected chi connectivity index (χ3v) is 3.21. The van der Waals surface area contributed by atoms with Gasteiger partial charge in [0.25, 0.3) is 0 Å². The number of benzene rings is 1. The molecule has 0 spiro atoms. The van der Waals surface area contributed by atoms with Gasteiger partial charge in [-0.05, 0) is 12.0 Å². The van der Waals surface area contributed by atoms with Crippen LogP contribution in [0.1, 0.15) is 18.9 Å². The molecule has 20 heavy (non-hydrogen) atoms. The monoisotopic (exact) mass is 277 g/mol. The van der Waals surface area contributed by atoms with Gasteiger partial charge in [-0.1, -0.05) is 49.9 Å². The van der Waals surface area contributed by atoms with Gasteiger partial charge in [0.2, 0.25) is 0 Å². The van der Waals surface area contributed by atoms with Crippen molar-refractivity contribution in [3.63, 3.8) is 0 Å². The number of nitrogens with one attached hydrogen (secondary N) is 1. The van der Waals surface area contributed by atoms with Crippen molar-refractivity contribution < 1.29 is 19.4 Å². The minimum Gasteiger partial charge on any atom is -0.481 e. The maximum absolute atomic E-state index is 11.7. The van der Waals surface area contributed by atoms with E-state index in [0.717, 1.165) is 0 Å². The molecule has 0 saturated carbocycles. The van der Waals surface area contributed by atoms with Gasteiger partial charge in [-0.3, -0.25) is 4.79 Å². The van der Waals surface area contributed by atoms with Crippen molar-refractivity contribution in [2.75, 3.05) is 13.2 Å². The number of carboxylic acid groups (broad SMARTS) is 1. The second-order valence-corrected chi connectivity index (χ2v) is 4.35. The van der Waals surface area contributed by atoms with Gasteiger partial charge >= 0.3 is 12.1 Å². The molecule has 1 unspecified atom stereocenters. The standard InChI is InChI=1S/C15H19NO4/c1-3-10-20-14(19)16-11-15(4-2,13(17)18)12-8-6-5-7-9-12/h3,5-9H,1,4,10-11H2,2H3,(H,16,19)(H,17,18). The highest BCUT2D eigenvalue weighted by Gasteiger charge is 2.39.